The third-order valence-corrected chi connectivity index (χ3v) is 8.49. The molecule has 8 heteroatoms. The van der Waals surface area contributed by atoms with Crippen LogP contribution in [0.5, 0.6) is 0 Å². The number of pyridine rings is 2. The Balaban J connectivity index is 0.000000156. The van der Waals surface area contributed by atoms with Crippen molar-refractivity contribution in [3.63, 3.8) is 0 Å². The largest absolute Gasteiger partial charge is 0.316 e. The van der Waals surface area contributed by atoms with Gasteiger partial charge in [0.05, 0.1) is 12.4 Å². The predicted molar refractivity (Wildman–Crippen MR) is 189 cm³/mol. The lowest BCUT2D eigenvalue weighted by molar-refractivity contribution is 0.461. The molecule has 5 heterocycles. The van der Waals surface area contributed by atoms with E-state index in [1.807, 2.05) is 74.5 Å². The summed E-state index contributed by atoms with van der Waals surface area (Å²) in [5.41, 5.74) is 5.28. The highest BCUT2D eigenvalue weighted by Crippen LogP contribution is 2.27. The molecule has 1 N–H and O–H groups in total. The van der Waals surface area contributed by atoms with Crippen molar-refractivity contribution in [3.05, 3.63) is 132 Å². The smallest absolute Gasteiger partial charge is 0.161 e. The molecule has 1 unspecified atom stereocenters. The lowest BCUT2D eigenvalue weighted by Gasteiger charge is -2.21. The number of nitrogens with one attached hydrogen (secondary N) is 1. The molecule has 7 aromatic rings. The Labute approximate surface area is 275 Å². The third kappa shape index (κ3) is 6.83. The van der Waals surface area contributed by atoms with E-state index >= 15 is 0 Å². The minimum absolute atomic E-state index is 0.255. The highest BCUT2D eigenvalue weighted by molar-refractivity contribution is 5.91. The van der Waals surface area contributed by atoms with Crippen LogP contribution in [0.3, 0.4) is 0 Å². The van der Waals surface area contributed by atoms with Crippen LogP contribution in [0, 0.1) is 19.7 Å². The average molecular weight is 626 g/mol. The molecule has 0 amide bonds. The molecule has 0 saturated carbocycles. The van der Waals surface area contributed by atoms with E-state index < -0.39 is 0 Å². The molecule has 0 spiro atoms. The van der Waals surface area contributed by atoms with E-state index in [1.54, 1.807) is 16.9 Å². The SMILES string of the molecule is CC.Cc1cnc(-n2cc(-c3cccc(F)c3)cn2)c2ccccc12.Cc1cnc(-n2cc(C3CCCNC3)cn2)c2ccccc12. The monoisotopic (exact) mass is 625 g/mol. The Morgan fingerprint density at radius 1 is 0.681 bits per heavy atom. The molecule has 8 rings (SSSR count). The van der Waals surface area contributed by atoms with Crippen molar-refractivity contribution in [2.45, 2.75) is 46.5 Å². The van der Waals surface area contributed by atoms with E-state index in [4.69, 9.17) is 0 Å². The van der Waals surface area contributed by atoms with E-state index in [9.17, 15) is 4.39 Å². The molecule has 3 aromatic carbocycles. The van der Waals surface area contributed by atoms with Gasteiger partial charge in [0, 0.05) is 47.7 Å². The highest BCUT2D eigenvalue weighted by atomic mass is 19.1. The first-order chi connectivity index (χ1) is 23.0. The number of nitrogens with zero attached hydrogens (tertiary/aromatic N) is 6. The number of halogens is 1. The zero-order valence-corrected chi connectivity index (χ0v) is 27.4. The Kier molecular flexibility index (Phi) is 9.78. The minimum Gasteiger partial charge on any atom is -0.316 e. The zero-order valence-electron chi connectivity index (χ0n) is 27.4. The van der Waals surface area contributed by atoms with Crippen LogP contribution >= 0.6 is 0 Å². The summed E-state index contributed by atoms with van der Waals surface area (Å²) in [6, 6.07) is 23.0. The van der Waals surface area contributed by atoms with Gasteiger partial charge in [-0.25, -0.2) is 23.7 Å². The van der Waals surface area contributed by atoms with Crippen molar-refractivity contribution in [1.82, 2.24) is 34.8 Å². The van der Waals surface area contributed by atoms with Gasteiger partial charge in [-0.2, -0.15) is 10.2 Å². The quantitative estimate of drug-likeness (QED) is 0.212. The fourth-order valence-electron chi connectivity index (χ4n) is 6.06. The normalized spacial score (nSPS) is 14.3. The first-order valence-corrected chi connectivity index (χ1v) is 16.3. The maximum Gasteiger partial charge on any atom is 0.161 e. The van der Waals surface area contributed by atoms with Crippen LogP contribution in [0.15, 0.2) is 110 Å². The van der Waals surface area contributed by atoms with Crippen molar-refractivity contribution in [1.29, 1.82) is 0 Å². The average Bonchev–Trinajstić information content (AvgIpc) is 3.82. The lowest BCUT2D eigenvalue weighted by Crippen LogP contribution is -2.28. The summed E-state index contributed by atoms with van der Waals surface area (Å²) in [5, 5.41) is 17.0. The van der Waals surface area contributed by atoms with Gasteiger partial charge >= 0.3 is 0 Å². The molecule has 238 valence electrons. The molecule has 1 atom stereocenters. The van der Waals surface area contributed by atoms with Gasteiger partial charge in [0.15, 0.2) is 11.6 Å². The van der Waals surface area contributed by atoms with Gasteiger partial charge in [0.1, 0.15) is 5.82 Å². The topological polar surface area (TPSA) is 73.5 Å². The maximum absolute atomic E-state index is 13.4. The molecule has 0 bridgehead atoms. The summed E-state index contributed by atoms with van der Waals surface area (Å²) in [5.74, 6) is 2.00. The van der Waals surface area contributed by atoms with Gasteiger partial charge in [0.2, 0.25) is 0 Å². The minimum atomic E-state index is -0.255. The summed E-state index contributed by atoms with van der Waals surface area (Å²) >= 11 is 0. The fraction of sp³-hybridized carbons (Fsp3) is 0.231. The van der Waals surface area contributed by atoms with Gasteiger partial charge in [-0.1, -0.05) is 74.5 Å². The number of benzene rings is 3. The molecule has 0 radical (unpaired) electrons. The molecule has 7 nitrogen and oxygen atoms in total. The maximum atomic E-state index is 13.4. The van der Waals surface area contributed by atoms with Crippen molar-refractivity contribution in [2.24, 2.45) is 0 Å². The van der Waals surface area contributed by atoms with Gasteiger partial charge < -0.3 is 5.32 Å². The highest BCUT2D eigenvalue weighted by Gasteiger charge is 2.18. The van der Waals surface area contributed by atoms with Gasteiger partial charge in [-0.05, 0) is 84.3 Å². The van der Waals surface area contributed by atoms with Gasteiger partial charge in [-0.15, -0.1) is 0 Å². The van der Waals surface area contributed by atoms with E-state index in [0.29, 0.717) is 5.92 Å². The Morgan fingerprint density at radius 3 is 1.87 bits per heavy atom. The van der Waals surface area contributed by atoms with Crippen LogP contribution in [0.1, 0.15) is 49.3 Å². The van der Waals surface area contributed by atoms with Gasteiger partial charge in [0.25, 0.3) is 0 Å². The van der Waals surface area contributed by atoms with Crippen molar-refractivity contribution < 1.29 is 4.39 Å². The molecule has 0 aliphatic carbocycles. The first-order valence-electron chi connectivity index (χ1n) is 16.3. The number of piperidine rings is 1. The molecule has 1 saturated heterocycles. The predicted octanol–water partition coefficient (Wildman–Crippen LogP) is 8.76. The lowest BCUT2D eigenvalue weighted by atomic mass is 9.94. The molecule has 1 fully saturated rings. The number of hydrogen-bond donors (Lipinski definition) is 1. The van der Waals surface area contributed by atoms with Crippen molar-refractivity contribution in [2.75, 3.05) is 13.1 Å². The van der Waals surface area contributed by atoms with E-state index in [0.717, 1.165) is 57.6 Å². The number of rotatable bonds is 4. The summed E-state index contributed by atoms with van der Waals surface area (Å²) in [4.78, 5) is 9.15. The molecule has 1 aliphatic rings. The summed E-state index contributed by atoms with van der Waals surface area (Å²) < 4.78 is 17.1. The summed E-state index contributed by atoms with van der Waals surface area (Å²) in [6.45, 7) is 10.3. The second-order valence-corrected chi connectivity index (χ2v) is 11.6. The number of aryl methyl sites for hydroxylation is 2. The Bertz CT molecular complexity index is 2110. The fourth-order valence-corrected chi connectivity index (χ4v) is 6.06. The van der Waals surface area contributed by atoms with E-state index in [-0.39, 0.29) is 5.82 Å². The number of fused-ring (bicyclic) bond motifs is 2. The van der Waals surface area contributed by atoms with E-state index in [1.165, 1.54) is 41.5 Å². The molecular formula is C39H40FN7. The second kappa shape index (κ2) is 14.5. The molecule has 47 heavy (non-hydrogen) atoms. The van der Waals surface area contributed by atoms with Crippen molar-refractivity contribution >= 4 is 21.5 Å². The molecule has 4 aromatic heterocycles. The Morgan fingerprint density at radius 2 is 1.28 bits per heavy atom. The van der Waals surface area contributed by atoms with Gasteiger partial charge in [-0.3, -0.25) is 0 Å². The standard InChI is InChI=1S/C19H14FN3.C18H20N4.C2H6/c1-13-10-21-19(18-8-3-2-7-17(13)18)23-12-15(11-22-23)14-5-4-6-16(20)9-14;1-13-9-20-18(17-7-3-2-6-16(13)17)22-12-15(11-21-22)14-5-4-8-19-10-14;1-2/h2-12H,1H3;2-3,6-7,9,11-12,14,19H,4-5,8,10H2,1H3;1-2H3. The first kappa shape index (κ1) is 31.8. The van der Waals surface area contributed by atoms with Crippen LogP contribution in [-0.2, 0) is 0 Å². The van der Waals surface area contributed by atoms with Crippen LogP contribution in [-0.4, -0.2) is 42.6 Å². The van der Waals surface area contributed by atoms with E-state index in [2.05, 4.69) is 68.9 Å². The second-order valence-electron chi connectivity index (χ2n) is 11.6. The number of aromatic nitrogens is 6. The Hall–Kier alpha value is -5.21. The molecule has 1 aliphatic heterocycles. The zero-order chi connectivity index (χ0) is 32.8. The number of hydrogen-bond acceptors (Lipinski definition) is 5. The van der Waals surface area contributed by atoms with Crippen LogP contribution < -0.4 is 5.32 Å². The van der Waals surface area contributed by atoms with Crippen LogP contribution in [0.25, 0.3) is 44.3 Å². The van der Waals surface area contributed by atoms with Crippen LogP contribution in [0.4, 0.5) is 4.39 Å². The summed E-state index contributed by atoms with van der Waals surface area (Å²) in [6.07, 6.45) is 14.0. The molecular weight excluding hydrogens is 585 g/mol. The van der Waals surface area contributed by atoms with Crippen molar-refractivity contribution in [3.8, 4) is 22.8 Å². The van der Waals surface area contributed by atoms with Crippen LogP contribution in [0.2, 0.25) is 0 Å². The summed E-state index contributed by atoms with van der Waals surface area (Å²) in [7, 11) is 0. The third-order valence-electron chi connectivity index (χ3n) is 8.49.